The molecule has 0 aliphatic rings. The highest BCUT2D eigenvalue weighted by atomic mass is 79.9. The molecule has 0 saturated heterocycles. The molecule has 0 fully saturated rings. The van der Waals surface area contributed by atoms with Crippen LogP contribution in [-0.2, 0) is 13.1 Å². The van der Waals surface area contributed by atoms with E-state index in [1.807, 2.05) is 55.5 Å². The first kappa shape index (κ1) is 18.1. The molecule has 0 unspecified atom stereocenters. The number of nitrogens with one attached hydrogen (secondary N) is 2. The van der Waals surface area contributed by atoms with Gasteiger partial charge in [0.2, 0.25) is 0 Å². The van der Waals surface area contributed by atoms with Crippen molar-refractivity contribution in [3.63, 3.8) is 0 Å². The lowest BCUT2D eigenvalue weighted by Crippen LogP contribution is -2.36. The van der Waals surface area contributed by atoms with Crippen LogP contribution in [0.2, 0.25) is 0 Å². The van der Waals surface area contributed by atoms with E-state index in [1.54, 1.807) is 11.0 Å². The van der Waals surface area contributed by atoms with Gasteiger partial charge in [0.05, 0.1) is 12.6 Å². The summed E-state index contributed by atoms with van der Waals surface area (Å²) in [5.74, 6) is 0. The Balaban J connectivity index is 1.48. The molecule has 1 heterocycles. The number of aromatic nitrogens is 3. The van der Waals surface area contributed by atoms with E-state index in [0.717, 1.165) is 21.2 Å². The molecule has 2 amide bonds. The summed E-state index contributed by atoms with van der Waals surface area (Å²) in [6, 6.07) is 15.7. The minimum atomic E-state index is -0.191. The smallest absolute Gasteiger partial charge is 0.315 e. The zero-order valence-corrected chi connectivity index (χ0v) is 16.0. The second kappa shape index (κ2) is 8.62. The average Bonchev–Trinajstić information content (AvgIpc) is 3.14. The molecule has 1 atom stereocenters. The summed E-state index contributed by atoms with van der Waals surface area (Å²) < 4.78 is 2.76. The van der Waals surface area contributed by atoms with Gasteiger partial charge in [-0.05, 0) is 35.7 Å². The molecule has 26 heavy (non-hydrogen) atoms. The molecule has 6 nitrogen and oxygen atoms in total. The maximum atomic E-state index is 12.1. The zero-order chi connectivity index (χ0) is 18.4. The third-order valence-electron chi connectivity index (χ3n) is 3.98. The second-order valence-electron chi connectivity index (χ2n) is 6.01. The van der Waals surface area contributed by atoms with Gasteiger partial charge in [-0.2, -0.15) is 5.10 Å². The van der Waals surface area contributed by atoms with E-state index in [0.29, 0.717) is 13.1 Å². The largest absolute Gasteiger partial charge is 0.334 e. The third kappa shape index (κ3) is 5.16. The molecule has 3 rings (SSSR count). The Labute approximate surface area is 160 Å². The van der Waals surface area contributed by atoms with Crippen molar-refractivity contribution in [3.8, 4) is 0 Å². The third-order valence-corrected chi connectivity index (χ3v) is 4.48. The molecule has 0 bridgehead atoms. The monoisotopic (exact) mass is 413 g/mol. The number of carbonyl (C=O) groups excluding carboxylic acids is 1. The van der Waals surface area contributed by atoms with Crippen LogP contribution in [0.15, 0.2) is 65.7 Å². The molecule has 7 heteroatoms. The Bertz CT molecular complexity index is 849. The number of halogens is 1. The Hall–Kier alpha value is -2.67. The van der Waals surface area contributed by atoms with E-state index in [2.05, 4.69) is 36.6 Å². The SMILES string of the molecule is C[C@@H](NC(=O)NCc1ccc(Cn2cncn2)cc1)c1cccc(Br)c1. The van der Waals surface area contributed by atoms with Crippen molar-refractivity contribution >= 4 is 22.0 Å². The van der Waals surface area contributed by atoms with Crippen LogP contribution in [0.5, 0.6) is 0 Å². The Morgan fingerprint density at radius 2 is 1.96 bits per heavy atom. The molecule has 0 spiro atoms. The van der Waals surface area contributed by atoms with E-state index in [9.17, 15) is 4.79 Å². The number of carbonyl (C=O) groups is 1. The topological polar surface area (TPSA) is 71.8 Å². The lowest BCUT2D eigenvalue weighted by molar-refractivity contribution is 0.237. The van der Waals surface area contributed by atoms with Crippen LogP contribution in [-0.4, -0.2) is 20.8 Å². The molecule has 0 radical (unpaired) electrons. The normalized spacial score (nSPS) is 11.8. The molecular formula is C19H20BrN5O. The Morgan fingerprint density at radius 1 is 1.19 bits per heavy atom. The maximum absolute atomic E-state index is 12.1. The predicted octanol–water partition coefficient (Wildman–Crippen LogP) is 3.65. The predicted molar refractivity (Wildman–Crippen MR) is 103 cm³/mol. The highest BCUT2D eigenvalue weighted by molar-refractivity contribution is 9.10. The summed E-state index contributed by atoms with van der Waals surface area (Å²) in [6.45, 7) is 3.11. The molecular weight excluding hydrogens is 394 g/mol. The van der Waals surface area contributed by atoms with Gasteiger partial charge in [-0.15, -0.1) is 0 Å². The molecule has 0 aliphatic heterocycles. The molecule has 1 aromatic heterocycles. The van der Waals surface area contributed by atoms with Crippen molar-refractivity contribution in [1.82, 2.24) is 25.4 Å². The summed E-state index contributed by atoms with van der Waals surface area (Å²) in [5.41, 5.74) is 3.22. The number of hydrogen-bond acceptors (Lipinski definition) is 3. The summed E-state index contributed by atoms with van der Waals surface area (Å²) in [6.07, 6.45) is 3.21. The summed E-state index contributed by atoms with van der Waals surface area (Å²) in [4.78, 5) is 16.0. The second-order valence-corrected chi connectivity index (χ2v) is 6.93. The quantitative estimate of drug-likeness (QED) is 0.647. The first-order chi connectivity index (χ1) is 12.6. The zero-order valence-electron chi connectivity index (χ0n) is 14.4. The van der Waals surface area contributed by atoms with Crippen LogP contribution >= 0.6 is 15.9 Å². The van der Waals surface area contributed by atoms with E-state index < -0.39 is 0 Å². The lowest BCUT2D eigenvalue weighted by atomic mass is 10.1. The minimum absolute atomic E-state index is 0.0717. The van der Waals surface area contributed by atoms with Crippen LogP contribution < -0.4 is 10.6 Å². The number of amides is 2. The number of urea groups is 1. The molecule has 3 aromatic rings. The summed E-state index contributed by atoms with van der Waals surface area (Å²) in [5, 5.41) is 9.92. The number of rotatable bonds is 6. The van der Waals surface area contributed by atoms with Crippen molar-refractivity contribution in [2.45, 2.75) is 26.1 Å². The minimum Gasteiger partial charge on any atom is -0.334 e. The van der Waals surface area contributed by atoms with Crippen molar-refractivity contribution in [3.05, 3.63) is 82.3 Å². The fourth-order valence-corrected chi connectivity index (χ4v) is 2.97. The van der Waals surface area contributed by atoms with E-state index >= 15 is 0 Å². The van der Waals surface area contributed by atoms with Crippen LogP contribution in [0.1, 0.15) is 29.7 Å². The van der Waals surface area contributed by atoms with Gasteiger partial charge in [0.1, 0.15) is 12.7 Å². The van der Waals surface area contributed by atoms with Gasteiger partial charge in [0.15, 0.2) is 0 Å². The van der Waals surface area contributed by atoms with Crippen molar-refractivity contribution in [2.75, 3.05) is 0 Å². The first-order valence-corrected chi connectivity index (χ1v) is 9.09. The van der Waals surface area contributed by atoms with Crippen LogP contribution in [0.3, 0.4) is 0 Å². The van der Waals surface area contributed by atoms with Gasteiger partial charge in [0.25, 0.3) is 0 Å². The van der Waals surface area contributed by atoms with E-state index in [1.165, 1.54) is 6.33 Å². The van der Waals surface area contributed by atoms with Crippen molar-refractivity contribution in [1.29, 1.82) is 0 Å². The van der Waals surface area contributed by atoms with Gasteiger partial charge < -0.3 is 10.6 Å². The maximum Gasteiger partial charge on any atom is 0.315 e. The molecule has 2 aromatic carbocycles. The van der Waals surface area contributed by atoms with Gasteiger partial charge in [-0.25, -0.2) is 14.5 Å². The fourth-order valence-electron chi connectivity index (χ4n) is 2.55. The average molecular weight is 414 g/mol. The van der Waals surface area contributed by atoms with Crippen LogP contribution in [0, 0.1) is 0 Å². The van der Waals surface area contributed by atoms with E-state index in [-0.39, 0.29) is 12.1 Å². The molecule has 0 saturated carbocycles. The van der Waals surface area contributed by atoms with Gasteiger partial charge in [-0.3, -0.25) is 0 Å². The number of nitrogens with zero attached hydrogens (tertiary/aromatic N) is 3. The highest BCUT2D eigenvalue weighted by Crippen LogP contribution is 2.17. The van der Waals surface area contributed by atoms with Crippen LogP contribution in [0.25, 0.3) is 0 Å². The molecule has 2 N–H and O–H groups in total. The summed E-state index contributed by atoms with van der Waals surface area (Å²) in [7, 11) is 0. The van der Waals surface area contributed by atoms with Gasteiger partial charge in [-0.1, -0.05) is 52.3 Å². The lowest BCUT2D eigenvalue weighted by Gasteiger charge is -2.15. The molecule has 134 valence electrons. The van der Waals surface area contributed by atoms with Gasteiger partial charge in [0, 0.05) is 11.0 Å². The molecule has 0 aliphatic carbocycles. The van der Waals surface area contributed by atoms with Crippen molar-refractivity contribution < 1.29 is 4.79 Å². The summed E-state index contributed by atoms with van der Waals surface area (Å²) >= 11 is 3.45. The fraction of sp³-hybridized carbons (Fsp3) is 0.211. The standard InChI is InChI=1S/C19H20BrN5O/c1-14(17-3-2-4-18(20)9-17)24-19(26)22-10-15-5-7-16(8-6-15)11-25-13-21-12-23-25/h2-9,12-14H,10-11H2,1H3,(H2,22,24,26)/t14-/m1/s1. The van der Waals surface area contributed by atoms with Crippen molar-refractivity contribution in [2.24, 2.45) is 0 Å². The Kier molecular flexibility index (Phi) is 6.01. The Morgan fingerprint density at radius 3 is 2.65 bits per heavy atom. The number of hydrogen-bond donors (Lipinski definition) is 2. The van der Waals surface area contributed by atoms with Crippen LogP contribution in [0.4, 0.5) is 4.79 Å². The number of benzene rings is 2. The highest BCUT2D eigenvalue weighted by Gasteiger charge is 2.09. The van der Waals surface area contributed by atoms with E-state index in [4.69, 9.17) is 0 Å². The van der Waals surface area contributed by atoms with Gasteiger partial charge >= 0.3 is 6.03 Å². The first-order valence-electron chi connectivity index (χ1n) is 8.30.